The van der Waals surface area contributed by atoms with E-state index >= 15 is 0 Å². The molecule has 152 valence electrons. The number of carboxylic acid groups (broad SMARTS) is 1. The topological polar surface area (TPSA) is 113 Å². The minimum absolute atomic E-state index is 0.294. The molecule has 26 heavy (non-hydrogen) atoms. The summed E-state index contributed by atoms with van der Waals surface area (Å²) in [6.45, 7) is 2.97. The van der Waals surface area contributed by atoms with Gasteiger partial charge in [-0.3, -0.25) is 0 Å². The zero-order valence-electron chi connectivity index (χ0n) is 14.7. The van der Waals surface area contributed by atoms with Crippen LogP contribution >= 0.6 is 0 Å². The molecule has 4 N–H and O–H groups in total. The Morgan fingerprint density at radius 3 is 2.31 bits per heavy atom. The number of hydrogen-bond acceptors (Lipinski definition) is 5. The SMILES string of the molecule is CCN1C[C@@H](C(O)[C@@H](N)CC2CCCCC2)OC1=O.O=C(O)C(F)(F)F. The summed E-state index contributed by atoms with van der Waals surface area (Å²) in [5.74, 6) is -2.13. The van der Waals surface area contributed by atoms with Crippen molar-refractivity contribution in [3.63, 3.8) is 0 Å². The molecule has 0 bridgehead atoms. The van der Waals surface area contributed by atoms with Gasteiger partial charge in [-0.1, -0.05) is 32.1 Å². The lowest BCUT2D eigenvalue weighted by Gasteiger charge is -2.28. The first-order valence-corrected chi connectivity index (χ1v) is 8.75. The number of cyclic esters (lactones) is 1. The second-order valence-electron chi connectivity index (χ2n) is 6.66. The second kappa shape index (κ2) is 9.96. The Bertz CT molecular complexity index is 469. The standard InChI is InChI=1S/C14H26N2O3.C2HF3O2/c1-2-16-9-12(19-14(16)18)13(17)11(15)8-10-6-4-3-5-7-10;3-2(4,5)1(6)7/h10-13,17H,2-9,15H2,1H3;(H,6,7)/t11-,12-,13?;/m0./s1. The highest BCUT2D eigenvalue weighted by atomic mass is 19.4. The van der Waals surface area contributed by atoms with Gasteiger partial charge < -0.3 is 25.6 Å². The van der Waals surface area contributed by atoms with E-state index in [9.17, 15) is 23.1 Å². The average Bonchev–Trinajstić information content (AvgIpc) is 2.95. The Hall–Kier alpha value is -1.55. The third-order valence-electron chi connectivity index (χ3n) is 4.68. The van der Waals surface area contributed by atoms with Gasteiger partial charge >= 0.3 is 18.2 Å². The molecule has 1 saturated heterocycles. The predicted molar refractivity (Wildman–Crippen MR) is 86.4 cm³/mol. The van der Waals surface area contributed by atoms with E-state index in [0.29, 0.717) is 19.0 Å². The van der Waals surface area contributed by atoms with Gasteiger partial charge in [0.15, 0.2) is 0 Å². The van der Waals surface area contributed by atoms with E-state index in [2.05, 4.69) is 0 Å². The van der Waals surface area contributed by atoms with Gasteiger partial charge in [-0.05, 0) is 19.3 Å². The van der Waals surface area contributed by atoms with Crippen LogP contribution in [-0.2, 0) is 9.53 Å². The highest BCUT2D eigenvalue weighted by Gasteiger charge is 2.39. The molecule has 7 nitrogen and oxygen atoms in total. The van der Waals surface area contributed by atoms with Crippen molar-refractivity contribution in [2.24, 2.45) is 11.7 Å². The Kier molecular flexibility index (Phi) is 8.61. The van der Waals surface area contributed by atoms with Crippen LogP contribution < -0.4 is 5.73 Å². The number of amides is 1. The predicted octanol–water partition coefficient (Wildman–Crippen LogP) is 2.12. The number of rotatable bonds is 5. The Balaban J connectivity index is 0.000000412. The van der Waals surface area contributed by atoms with Crippen LogP contribution in [0.4, 0.5) is 18.0 Å². The van der Waals surface area contributed by atoms with Crippen molar-refractivity contribution in [2.45, 2.75) is 69.9 Å². The number of aliphatic hydroxyl groups excluding tert-OH is 1. The number of nitrogens with zero attached hydrogens (tertiary/aromatic N) is 1. The molecule has 1 aliphatic heterocycles. The lowest BCUT2D eigenvalue weighted by Crippen LogP contribution is -2.45. The quantitative estimate of drug-likeness (QED) is 0.669. The molecule has 0 aromatic carbocycles. The molecule has 1 saturated carbocycles. The smallest absolute Gasteiger partial charge is 0.475 e. The monoisotopic (exact) mass is 384 g/mol. The number of carbonyl (C=O) groups is 2. The van der Waals surface area contributed by atoms with Crippen LogP contribution in [0.15, 0.2) is 0 Å². The molecule has 10 heteroatoms. The highest BCUT2D eigenvalue weighted by molar-refractivity contribution is 5.73. The van der Waals surface area contributed by atoms with Crippen LogP contribution in [0.3, 0.4) is 0 Å². The molecular weight excluding hydrogens is 357 g/mol. The van der Waals surface area contributed by atoms with Gasteiger partial charge in [0.1, 0.15) is 12.2 Å². The summed E-state index contributed by atoms with van der Waals surface area (Å²) in [5, 5.41) is 17.4. The van der Waals surface area contributed by atoms with E-state index in [1.165, 1.54) is 32.1 Å². The van der Waals surface area contributed by atoms with Crippen molar-refractivity contribution in [3.05, 3.63) is 0 Å². The Labute approximate surface area is 150 Å². The molecule has 0 spiro atoms. The lowest BCUT2D eigenvalue weighted by molar-refractivity contribution is -0.192. The van der Waals surface area contributed by atoms with Gasteiger partial charge in [0, 0.05) is 12.6 Å². The van der Waals surface area contributed by atoms with E-state index in [4.69, 9.17) is 20.4 Å². The number of aliphatic carboxylic acids is 1. The van der Waals surface area contributed by atoms with Crippen molar-refractivity contribution >= 4 is 12.1 Å². The van der Waals surface area contributed by atoms with Crippen LogP contribution in [0.1, 0.15) is 45.4 Å². The molecule has 3 atom stereocenters. The van der Waals surface area contributed by atoms with Gasteiger partial charge in [0.2, 0.25) is 0 Å². The zero-order valence-corrected chi connectivity index (χ0v) is 14.7. The molecule has 0 aromatic heterocycles. The normalized spacial score (nSPS) is 23.7. The lowest BCUT2D eigenvalue weighted by atomic mass is 9.83. The third kappa shape index (κ3) is 6.99. The third-order valence-corrected chi connectivity index (χ3v) is 4.68. The molecule has 0 radical (unpaired) electrons. The van der Waals surface area contributed by atoms with Crippen LogP contribution in [0.2, 0.25) is 0 Å². The van der Waals surface area contributed by atoms with E-state index in [-0.39, 0.29) is 12.1 Å². The molecule has 2 fully saturated rings. The molecule has 1 heterocycles. The first-order chi connectivity index (χ1) is 12.1. The number of halogens is 3. The fraction of sp³-hybridized carbons (Fsp3) is 0.875. The van der Waals surface area contributed by atoms with Crippen molar-refractivity contribution in [2.75, 3.05) is 13.1 Å². The number of nitrogens with two attached hydrogens (primary N) is 1. The summed E-state index contributed by atoms with van der Waals surface area (Å²) >= 11 is 0. The first-order valence-electron chi connectivity index (χ1n) is 8.75. The number of aliphatic hydroxyl groups is 1. The van der Waals surface area contributed by atoms with Gasteiger partial charge in [0.25, 0.3) is 0 Å². The number of ether oxygens (including phenoxy) is 1. The van der Waals surface area contributed by atoms with Gasteiger partial charge in [-0.25, -0.2) is 9.59 Å². The van der Waals surface area contributed by atoms with Crippen molar-refractivity contribution in [3.8, 4) is 0 Å². The van der Waals surface area contributed by atoms with Crippen LogP contribution in [-0.4, -0.2) is 64.7 Å². The molecule has 0 aromatic rings. The summed E-state index contributed by atoms with van der Waals surface area (Å²) in [6.07, 6.45) is 0.495. The minimum Gasteiger partial charge on any atom is -0.475 e. The maximum absolute atomic E-state index is 11.5. The number of carbonyl (C=O) groups excluding carboxylic acids is 1. The van der Waals surface area contributed by atoms with Gasteiger partial charge in [-0.2, -0.15) is 13.2 Å². The summed E-state index contributed by atoms with van der Waals surface area (Å²) in [5.41, 5.74) is 6.10. The van der Waals surface area contributed by atoms with E-state index < -0.39 is 24.4 Å². The largest absolute Gasteiger partial charge is 0.490 e. The van der Waals surface area contributed by atoms with Crippen LogP contribution in [0.25, 0.3) is 0 Å². The Morgan fingerprint density at radius 2 is 1.88 bits per heavy atom. The molecule has 2 rings (SSSR count). The van der Waals surface area contributed by atoms with Crippen molar-refractivity contribution in [1.29, 1.82) is 0 Å². The fourth-order valence-corrected chi connectivity index (χ4v) is 3.19. The molecule has 1 aliphatic carbocycles. The van der Waals surface area contributed by atoms with E-state index in [1.54, 1.807) is 4.90 Å². The second-order valence-corrected chi connectivity index (χ2v) is 6.66. The van der Waals surface area contributed by atoms with Crippen LogP contribution in [0.5, 0.6) is 0 Å². The van der Waals surface area contributed by atoms with Gasteiger partial charge in [0.05, 0.1) is 6.54 Å². The number of hydrogen-bond donors (Lipinski definition) is 3. The maximum atomic E-state index is 11.5. The van der Waals surface area contributed by atoms with Crippen LogP contribution in [0, 0.1) is 5.92 Å². The number of likely N-dealkylation sites (N-methyl/N-ethyl adjacent to an activating group) is 1. The van der Waals surface area contributed by atoms with Crippen molar-refractivity contribution in [1.82, 2.24) is 4.90 Å². The molecular formula is C16H27F3N2O5. The summed E-state index contributed by atoms with van der Waals surface area (Å²) < 4.78 is 36.9. The zero-order chi connectivity index (χ0) is 19.9. The highest BCUT2D eigenvalue weighted by Crippen LogP contribution is 2.28. The number of carboxylic acids is 1. The van der Waals surface area contributed by atoms with Gasteiger partial charge in [-0.15, -0.1) is 0 Å². The molecule has 1 unspecified atom stereocenters. The maximum Gasteiger partial charge on any atom is 0.490 e. The molecule has 2 aliphatic rings. The molecule has 1 amide bonds. The average molecular weight is 384 g/mol. The summed E-state index contributed by atoms with van der Waals surface area (Å²) in [6, 6.07) is -0.294. The fourth-order valence-electron chi connectivity index (χ4n) is 3.19. The Morgan fingerprint density at radius 1 is 1.35 bits per heavy atom. The minimum atomic E-state index is -5.08. The summed E-state index contributed by atoms with van der Waals surface area (Å²) in [4.78, 5) is 22.0. The van der Waals surface area contributed by atoms with Crippen molar-refractivity contribution < 1.29 is 37.7 Å². The van der Waals surface area contributed by atoms with E-state index in [1.807, 2.05) is 6.92 Å². The number of alkyl halides is 3. The first kappa shape index (κ1) is 22.5. The summed E-state index contributed by atoms with van der Waals surface area (Å²) in [7, 11) is 0. The van der Waals surface area contributed by atoms with E-state index in [0.717, 1.165) is 6.42 Å².